The molecule has 21 heavy (non-hydrogen) atoms. The maximum Gasteiger partial charge on any atom is 0.573 e. The topological polar surface area (TPSA) is 9.23 Å². The number of halogens is 3. The van der Waals surface area contributed by atoms with Gasteiger partial charge in [0.25, 0.3) is 0 Å². The summed E-state index contributed by atoms with van der Waals surface area (Å²) in [6, 6.07) is 6.62. The lowest BCUT2D eigenvalue weighted by Crippen LogP contribution is -2.42. The number of ether oxygens (including phenoxy) is 1. The van der Waals surface area contributed by atoms with Gasteiger partial charge >= 0.3 is 6.36 Å². The molecular formula is C17H18F3O. The fraction of sp³-hybridized carbons (Fsp3) is 0.588. The van der Waals surface area contributed by atoms with E-state index < -0.39 is 6.36 Å². The van der Waals surface area contributed by atoms with Crippen molar-refractivity contribution in [1.29, 1.82) is 0 Å². The molecule has 3 atom stereocenters. The van der Waals surface area contributed by atoms with Crippen molar-refractivity contribution in [1.82, 2.24) is 0 Å². The molecule has 5 rings (SSSR count). The van der Waals surface area contributed by atoms with Gasteiger partial charge in [-0.25, -0.2) is 0 Å². The van der Waals surface area contributed by atoms with E-state index >= 15 is 0 Å². The van der Waals surface area contributed by atoms with Gasteiger partial charge in [0, 0.05) is 0 Å². The zero-order chi connectivity index (χ0) is 14.6. The Morgan fingerprint density at radius 1 is 1.00 bits per heavy atom. The first-order chi connectivity index (χ1) is 9.98. The average molecular weight is 295 g/mol. The van der Waals surface area contributed by atoms with Gasteiger partial charge in [-0.05, 0) is 79.4 Å². The zero-order valence-electron chi connectivity index (χ0n) is 11.7. The molecule has 4 fully saturated rings. The van der Waals surface area contributed by atoms with Crippen molar-refractivity contribution < 1.29 is 17.9 Å². The van der Waals surface area contributed by atoms with Crippen LogP contribution < -0.4 is 4.74 Å². The van der Waals surface area contributed by atoms with Crippen molar-refractivity contribution in [2.45, 2.75) is 44.4 Å². The second-order valence-electron chi connectivity index (χ2n) is 6.86. The number of hydrogen-bond donors (Lipinski definition) is 0. The summed E-state index contributed by atoms with van der Waals surface area (Å²) in [7, 11) is 0. The van der Waals surface area contributed by atoms with Crippen LogP contribution in [-0.2, 0) is 0 Å². The minimum Gasteiger partial charge on any atom is -0.406 e. The van der Waals surface area contributed by atoms with E-state index in [1.807, 2.05) is 6.07 Å². The minimum absolute atomic E-state index is 0.0885. The summed E-state index contributed by atoms with van der Waals surface area (Å²) < 4.78 is 41.2. The van der Waals surface area contributed by atoms with Gasteiger partial charge in [0.05, 0.1) is 0 Å². The summed E-state index contributed by atoms with van der Waals surface area (Å²) in [6.07, 6.45) is 1.61. The number of alkyl halides is 3. The second-order valence-corrected chi connectivity index (χ2v) is 6.86. The monoisotopic (exact) mass is 295 g/mol. The van der Waals surface area contributed by atoms with Gasteiger partial charge in [-0.2, -0.15) is 0 Å². The highest BCUT2D eigenvalue weighted by Gasteiger charge is 2.48. The van der Waals surface area contributed by atoms with Gasteiger partial charge in [0.2, 0.25) is 0 Å². The highest BCUT2D eigenvalue weighted by Crippen LogP contribution is 2.60. The number of benzene rings is 1. The van der Waals surface area contributed by atoms with Crippen LogP contribution in [0.5, 0.6) is 5.75 Å². The third-order valence-corrected chi connectivity index (χ3v) is 5.40. The van der Waals surface area contributed by atoms with Gasteiger partial charge in [-0.3, -0.25) is 0 Å². The van der Waals surface area contributed by atoms with E-state index in [2.05, 4.69) is 4.74 Å². The van der Waals surface area contributed by atoms with Crippen LogP contribution in [0, 0.1) is 23.7 Å². The fourth-order valence-electron chi connectivity index (χ4n) is 5.05. The molecule has 4 aliphatic rings. The van der Waals surface area contributed by atoms with Crippen LogP contribution in [0.4, 0.5) is 13.2 Å². The Bertz CT molecular complexity index is 509. The van der Waals surface area contributed by atoms with E-state index in [0.29, 0.717) is 11.8 Å². The van der Waals surface area contributed by atoms with E-state index in [9.17, 15) is 13.2 Å². The molecule has 0 amide bonds. The van der Waals surface area contributed by atoms with Crippen molar-refractivity contribution in [3.63, 3.8) is 0 Å². The average Bonchev–Trinajstić information content (AvgIpc) is 2.35. The van der Waals surface area contributed by atoms with E-state index in [1.54, 1.807) is 18.1 Å². The molecule has 1 radical (unpaired) electrons. The van der Waals surface area contributed by atoms with Crippen LogP contribution in [0.25, 0.3) is 0 Å². The van der Waals surface area contributed by atoms with Crippen LogP contribution >= 0.6 is 0 Å². The normalized spacial score (nSPS) is 35.2. The molecule has 0 aromatic heterocycles. The van der Waals surface area contributed by atoms with Crippen molar-refractivity contribution in [3.8, 4) is 5.75 Å². The Kier molecular flexibility index (Phi) is 2.98. The molecule has 0 N–H and O–H groups in total. The lowest BCUT2D eigenvalue weighted by Gasteiger charge is -2.54. The predicted molar refractivity (Wildman–Crippen MR) is 72.7 cm³/mol. The Hall–Kier alpha value is -1.19. The molecule has 0 aliphatic heterocycles. The SMILES string of the molecule is FC(F)(F)Oc1cccc(C2[C]3CC4CC(C3)CC2C4)c1. The van der Waals surface area contributed by atoms with Crippen molar-refractivity contribution in [2.24, 2.45) is 17.8 Å². The van der Waals surface area contributed by atoms with Crippen molar-refractivity contribution >= 4 is 0 Å². The third kappa shape index (κ3) is 2.53. The highest BCUT2D eigenvalue weighted by atomic mass is 19.4. The molecule has 0 saturated heterocycles. The second kappa shape index (κ2) is 4.65. The first-order valence-corrected chi connectivity index (χ1v) is 7.68. The van der Waals surface area contributed by atoms with Gasteiger partial charge in [-0.1, -0.05) is 12.1 Å². The lowest BCUT2D eigenvalue weighted by molar-refractivity contribution is -0.274. The summed E-state index contributed by atoms with van der Waals surface area (Å²) in [6.45, 7) is 0. The van der Waals surface area contributed by atoms with Gasteiger partial charge in [-0.15, -0.1) is 13.2 Å². The molecule has 1 aromatic carbocycles. The molecule has 0 spiro atoms. The number of hydrogen-bond acceptors (Lipinski definition) is 1. The molecule has 1 aromatic rings. The number of rotatable bonds is 2. The van der Waals surface area contributed by atoms with Crippen LogP contribution in [-0.4, -0.2) is 6.36 Å². The van der Waals surface area contributed by atoms with Gasteiger partial charge in [0.15, 0.2) is 0 Å². The predicted octanol–water partition coefficient (Wildman–Crippen LogP) is 5.08. The molecule has 3 unspecified atom stereocenters. The van der Waals surface area contributed by atoms with E-state index in [-0.39, 0.29) is 5.75 Å². The maximum absolute atomic E-state index is 12.4. The van der Waals surface area contributed by atoms with Crippen LogP contribution in [0.2, 0.25) is 0 Å². The zero-order valence-corrected chi connectivity index (χ0v) is 11.7. The first kappa shape index (κ1) is 13.5. The Morgan fingerprint density at radius 2 is 1.71 bits per heavy atom. The molecule has 1 nitrogen and oxygen atoms in total. The van der Waals surface area contributed by atoms with E-state index in [1.165, 1.54) is 38.2 Å². The molecule has 113 valence electrons. The largest absolute Gasteiger partial charge is 0.573 e. The Labute approximate surface area is 122 Å². The highest BCUT2D eigenvalue weighted by molar-refractivity contribution is 5.37. The lowest BCUT2D eigenvalue weighted by atomic mass is 9.51. The minimum atomic E-state index is -4.62. The summed E-state index contributed by atoms with van der Waals surface area (Å²) in [4.78, 5) is 0. The first-order valence-electron chi connectivity index (χ1n) is 7.68. The molecule has 4 aliphatic carbocycles. The smallest absolute Gasteiger partial charge is 0.406 e. The molecule has 4 bridgehead atoms. The summed E-state index contributed by atoms with van der Waals surface area (Å²) >= 11 is 0. The van der Waals surface area contributed by atoms with Gasteiger partial charge < -0.3 is 4.74 Å². The fourth-order valence-corrected chi connectivity index (χ4v) is 5.05. The molecule has 0 heterocycles. The van der Waals surface area contributed by atoms with Crippen LogP contribution in [0.3, 0.4) is 0 Å². The standard InChI is InChI=1S/C17H18F3O/c18-17(19,20)21-15-3-1-2-12(9-15)16-13-5-10-4-11(7-13)8-14(16)6-10/h1-3,9-11,13,16H,4-8H2. The summed E-state index contributed by atoms with van der Waals surface area (Å²) in [5.74, 6) is 4.14. The van der Waals surface area contributed by atoms with Crippen LogP contribution in [0.15, 0.2) is 24.3 Å². The third-order valence-electron chi connectivity index (χ3n) is 5.40. The maximum atomic E-state index is 12.4. The Morgan fingerprint density at radius 3 is 2.33 bits per heavy atom. The van der Waals surface area contributed by atoms with Gasteiger partial charge in [0.1, 0.15) is 5.75 Å². The van der Waals surface area contributed by atoms with E-state index in [0.717, 1.165) is 17.4 Å². The molecular weight excluding hydrogens is 277 g/mol. The van der Waals surface area contributed by atoms with Crippen LogP contribution in [0.1, 0.15) is 43.6 Å². The molecule has 4 heteroatoms. The summed E-state index contributed by atoms with van der Waals surface area (Å²) in [5, 5.41) is 0. The van der Waals surface area contributed by atoms with E-state index in [4.69, 9.17) is 0 Å². The van der Waals surface area contributed by atoms with Crippen molar-refractivity contribution in [3.05, 3.63) is 35.7 Å². The Balaban J connectivity index is 1.60. The summed E-state index contributed by atoms with van der Waals surface area (Å²) in [5.41, 5.74) is 1.01. The molecule has 4 saturated carbocycles. The van der Waals surface area contributed by atoms with Crippen molar-refractivity contribution in [2.75, 3.05) is 0 Å². The quantitative estimate of drug-likeness (QED) is 0.739.